The van der Waals surface area contributed by atoms with Gasteiger partial charge in [-0.25, -0.2) is 0 Å². The smallest absolute Gasteiger partial charge is 0.0704 e. The molecule has 2 nitrogen and oxygen atoms in total. The van der Waals surface area contributed by atoms with Gasteiger partial charge in [-0.05, 0) is 43.5 Å². The Bertz CT molecular complexity index is 508. The van der Waals surface area contributed by atoms with E-state index in [-0.39, 0.29) is 0 Å². The van der Waals surface area contributed by atoms with Gasteiger partial charge in [0.2, 0.25) is 0 Å². The molecular formula is C16H20N2. The van der Waals surface area contributed by atoms with Gasteiger partial charge in [-0.3, -0.25) is 4.98 Å². The molecule has 18 heavy (non-hydrogen) atoms. The zero-order chi connectivity index (χ0) is 12.2. The normalized spacial score (nSPS) is 20.8. The van der Waals surface area contributed by atoms with Crippen molar-refractivity contribution in [2.75, 3.05) is 6.54 Å². The van der Waals surface area contributed by atoms with Gasteiger partial charge < -0.3 is 5.32 Å². The SMILES string of the molecule is c1ccc2c(CC3CCCCCN3)ccnc2c1. The Balaban J connectivity index is 1.85. The summed E-state index contributed by atoms with van der Waals surface area (Å²) in [5.41, 5.74) is 2.55. The van der Waals surface area contributed by atoms with E-state index in [1.165, 1.54) is 43.2 Å². The monoisotopic (exact) mass is 240 g/mol. The highest BCUT2D eigenvalue weighted by Gasteiger charge is 2.13. The fraction of sp³-hybridized carbons (Fsp3) is 0.438. The summed E-state index contributed by atoms with van der Waals surface area (Å²) in [6, 6.07) is 11.3. The molecule has 0 bridgehead atoms. The van der Waals surface area contributed by atoms with Crippen LogP contribution in [0.1, 0.15) is 31.2 Å². The van der Waals surface area contributed by atoms with Crippen LogP contribution in [-0.4, -0.2) is 17.6 Å². The summed E-state index contributed by atoms with van der Waals surface area (Å²) in [5, 5.41) is 4.99. The van der Waals surface area contributed by atoms with E-state index in [1.807, 2.05) is 6.20 Å². The van der Waals surface area contributed by atoms with Crippen LogP contribution >= 0.6 is 0 Å². The van der Waals surface area contributed by atoms with Crippen molar-refractivity contribution in [2.45, 2.75) is 38.1 Å². The van der Waals surface area contributed by atoms with Gasteiger partial charge in [0.1, 0.15) is 0 Å². The lowest BCUT2D eigenvalue weighted by Crippen LogP contribution is -2.30. The van der Waals surface area contributed by atoms with Gasteiger partial charge in [0, 0.05) is 17.6 Å². The quantitative estimate of drug-likeness (QED) is 0.871. The van der Waals surface area contributed by atoms with Gasteiger partial charge in [-0.1, -0.05) is 31.0 Å². The maximum Gasteiger partial charge on any atom is 0.0704 e. The molecule has 3 rings (SSSR count). The second kappa shape index (κ2) is 5.49. The Morgan fingerprint density at radius 1 is 1.11 bits per heavy atom. The first-order valence-electron chi connectivity index (χ1n) is 6.99. The van der Waals surface area contributed by atoms with Crippen LogP contribution in [-0.2, 0) is 6.42 Å². The highest BCUT2D eigenvalue weighted by atomic mass is 14.9. The number of pyridine rings is 1. The Morgan fingerprint density at radius 3 is 3.06 bits per heavy atom. The van der Waals surface area contributed by atoms with E-state index in [2.05, 4.69) is 40.6 Å². The number of benzene rings is 1. The Labute approximate surface area is 108 Å². The molecule has 1 aliphatic rings. The third-order valence-corrected chi connectivity index (χ3v) is 3.87. The van der Waals surface area contributed by atoms with Crippen molar-refractivity contribution in [2.24, 2.45) is 0 Å². The van der Waals surface area contributed by atoms with Crippen molar-refractivity contribution in [3.8, 4) is 0 Å². The first-order valence-corrected chi connectivity index (χ1v) is 6.99. The van der Waals surface area contributed by atoms with Crippen LogP contribution in [0.3, 0.4) is 0 Å². The van der Waals surface area contributed by atoms with Gasteiger partial charge in [0.25, 0.3) is 0 Å². The topological polar surface area (TPSA) is 24.9 Å². The van der Waals surface area contributed by atoms with Crippen molar-refractivity contribution in [3.05, 3.63) is 42.1 Å². The lowest BCUT2D eigenvalue weighted by atomic mass is 9.99. The molecule has 0 radical (unpaired) electrons. The second-order valence-corrected chi connectivity index (χ2v) is 5.19. The zero-order valence-electron chi connectivity index (χ0n) is 10.7. The van der Waals surface area contributed by atoms with Crippen LogP contribution in [0, 0.1) is 0 Å². The molecule has 0 spiro atoms. The van der Waals surface area contributed by atoms with Gasteiger partial charge in [0.05, 0.1) is 5.52 Å². The molecule has 0 aliphatic carbocycles. The summed E-state index contributed by atoms with van der Waals surface area (Å²) < 4.78 is 0. The summed E-state index contributed by atoms with van der Waals surface area (Å²) in [7, 11) is 0. The molecule has 0 saturated carbocycles. The maximum absolute atomic E-state index is 4.43. The fourth-order valence-electron chi connectivity index (χ4n) is 2.87. The minimum absolute atomic E-state index is 0.637. The minimum atomic E-state index is 0.637. The molecule has 1 aromatic carbocycles. The lowest BCUT2D eigenvalue weighted by molar-refractivity contribution is 0.509. The molecule has 2 aromatic rings. The van der Waals surface area contributed by atoms with Crippen LogP contribution in [0.5, 0.6) is 0 Å². The molecule has 94 valence electrons. The summed E-state index contributed by atoms with van der Waals surface area (Å²) in [6.07, 6.45) is 8.43. The van der Waals surface area contributed by atoms with E-state index in [1.54, 1.807) is 0 Å². The standard InChI is InChI=1S/C16H20N2/c1-2-6-14(17-10-5-1)12-13-9-11-18-16-8-4-3-7-15(13)16/h3-4,7-9,11,14,17H,1-2,5-6,10,12H2. The first-order chi connectivity index (χ1) is 8.93. The summed E-state index contributed by atoms with van der Waals surface area (Å²) in [6.45, 7) is 1.17. The van der Waals surface area contributed by atoms with Gasteiger partial charge >= 0.3 is 0 Å². The average Bonchev–Trinajstić information content (AvgIpc) is 2.68. The molecule has 1 N–H and O–H groups in total. The maximum atomic E-state index is 4.43. The molecule has 1 unspecified atom stereocenters. The number of para-hydroxylation sites is 1. The molecule has 2 heterocycles. The van der Waals surface area contributed by atoms with E-state index in [0.29, 0.717) is 6.04 Å². The average molecular weight is 240 g/mol. The zero-order valence-corrected chi connectivity index (χ0v) is 10.7. The lowest BCUT2D eigenvalue weighted by Gasteiger charge is -2.16. The molecule has 1 aromatic heterocycles. The Kier molecular flexibility index (Phi) is 3.56. The van der Waals surface area contributed by atoms with Crippen LogP contribution < -0.4 is 5.32 Å². The number of aromatic nitrogens is 1. The number of hydrogen-bond acceptors (Lipinski definition) is 2. The van der Waals surface area contributed by atoms with Crippen molar-refractivity contribution >= 4 is 10.9 Å². The van der Waals surface area contributed by atoms with Crippen molar-refractivity contribution < 1.29 is 0 Å². The fourth-order valence-corrected chi connectivity index (χ4v) is 2.87. The van der Waals surface area contributed by atoms with Gasteiger partial charge in [-0.2, -0.15) is 0 Å². The molecule has 1 atom stereocenters. The highest BCUT2D eigenvalue weighted by molar-refractivity contribution is 5.81. The Hall–Kier alpha value is -1.41. The molecule has 2 heteroatoms. The van der Waals surface area contributed by atoms with Crippen LogP contribution in [0.2, 0.25) is 0 Å². The van der Waals surface area contributed by atoms with E-state index in [0.717, 1.165) is 11.9 Å². The van der Waals surface area contributed by atoms with Crippen molar-refractivity contribution in [1.82, 2.24) is 10.3 Å². The van der Waals surface area contributed by atoms with Crippen LogP contribution in [0.25, 0.3) is 10.9 Å². The highest BCUT2D eigenvalue weighted by Crippen LogP contribution is 2.20. The minimum Gasteiger partial charge on any atom is -0.314 e. The van der Waals surface area contributed by atoms with Crippen molar-refractivity contribution in [1.29, 1.82) is 0 Å². The number of nitrogens with zero attached hydrogens (tertiary/aromatic N) is 1. The molecule has 1 aliphatic heterocycles. The third kappa shape index (κ3) is 2.54. The largest absolute Gasteiger partial charge is 0.314 e. The Morgan fingerprint density at radius 2 is 2.06 bits per heavy atom. The van der Waals surface area contributed by atoms with E-state index in [4.69, 9.17) is 0 Å². The number of rotatable bonds is 2. The summed E-state index contributed by atoms with van der Waals surface area (Å²) in [5.74, 6) is 0. The second-order valence-electron chi connectivity index (χ2n) is 5.19. The van der Waals surface area contributed by atoms with Crippen LogP contribution in [0.15, 0.2) is 36.5 Å². The number of hydrogen-bond donors (Lipinski definition) is 1. The predicted molar refractivity (Wildman–Crippen MR) is 75.7 cm³/mol. The predicted octanol–water partition coefficient (Wildman–Crippen LogP) is 3.31. The third-order valence-electron chi connectivity index (χ3n) is 3.87. The van der Waals surface area contributed by atoms with Gasteiger partial charge in [0.15, 0.2) is 0 Å². The van der Waals surface area contributed by atoms with E-state index < -0.39 is 0 Å². The first kappa shape index (κ1) is 11.7. The molecule has 1 saturated heterocycles. The summed E-state index contributed by atoms with van der Waals surface area (Å²) >= 11 is 0. The van der Waals surface area contributed by atoms with Crippen LogP contribution in [0.4, 0.5) is 0 Å². The number of fused-ring (bicyclic) bond motifs is 1. The van der Waals surface area contributed by atoms with E-state index >= 15 is 0 Å². The number of nitrogens with one attached hydrogen (secondary N) is 1. The summed E-state index contributed by atoms with van der Waals surface area (Å²) in [4.78, 5) is 4.43. The molecular weight excluding hydrogens is 220 g/mol. The van der Waals surface area contributed by atoms with Crippen molar-refractivity contribution in [3.63, 3.8) is 0 Å². The molecule has 0 amide bonds. The molecule has 1 fully saturated rings. The van der Waals surface area contributed by atoms with E-state index in [9.17, 15) is 0 Å². The van der Waals surface area contributed by atoms with Gasteiger partial charge in [-0.15, -0.1) is 0 Å².